The second-order valence-electron chi connectivity index (χ2n) is 4.67. The van der Waals surface area contributed by atoms with Crippen LogP contribution < -0.4 is 5.32 Å². The van der Waals surface area contributed by atoms with E-state index in [-0.39, 0.29) is 0 Å². The van der Waals surface area contributed by atoms with E-state index >= 15 is 0 Å². The van der Waals surface area contributed by atoms with Crippen LogP contribution in [0, 0.1) is 11.3 Å². The molecule has 0 unspecified atom stereocenters. The van der Waals surface area contributed by atoms with Crippen molar-refractivity contribution in [3.63, 3.8) is 0 Å². The summed E-state index contributed by atoms with van der Waals surface area (Å²) in [6.07, 6.45) is 7.84. The van der Waals surface area contributed by atoms with E-state index in [4.69, 9.17) is 5.26 Å². The van der Waals surface area contributed by atoms with Crippen molar-refractivity contribution in [2.75, 3.05) is 5.32 Å². The van der Waals surface area contributed by atoms with Crippen LogP contribution >= 0.6 is 15.9 Å². The molecule has 3 heteroatoms. The number of rotatable bonds is 2. The molecule has 1 aliphatic carbocycles. The molecule has 0 aromatic heterocycles. The molecule has 0 amide bonds. The number of nitrogens with zero attached hydrogens (tertiary/aromatic N) is 1. The fraction of sp³-hybridized carbons (Fsp3) is 0.500. The molecule has 0 aliphatic heterocycles. The molecule has 1 saturated carbocycles. The first kappa shape index (κ1) is 12.4. The first-order chi connectivity index (χ1) is 8.28. The Hall–Kier alpha value is -1.01. The Morgan fingerprint density at radius 1 is 1.12 bits per heavy atom. The van der Waals surface area contributed by atoms with Crippen molar-refractivity contribution in [2.24, 2.45) is 0 Å². The highest BCUT2D eigenvalue weighted by molar-refractivity contribution is 9.10. The summed E-state index contributed by atoms with van der Waals surface area (Å²) in [7, 11) is 0. The van der Waals surface area contributed by atoms with Crippen molar-refractivity contribution in [2.45, 2.75) is 44.6 Å². The van der Waals surface area contributed by atoms with Crippen LogP contribution in [0.25, 0.3) is 0 Å². The molecule has 1 aromatic rings. The van der Waals surface area contributed by atoms with Crippen molar-refractivity contribution in [1.29, 1.82) is 5.26 Å². The highest BCUT2D eigenvalue weighted by atomic mass is 79.9. The maximum Gasteiger partial charge on any atom is 0.0992 e. The monoisotopic (exact) mass is 292 g/mol. The summed E-state index contributed by atoms with van der Waals surface area (Å²) < 4.78 is 0.965. The fourth-order valence-electron chi connectivity index (χ4n) is 2.40. The van der Waals surface area contributed by atoms with Gasteiger partial charge in [-0.2, -0.15) is 5.26 Å². The lowest BCUT2D eigenvalue weighted by Crippen LogP contribution is -2.18. The van der Waals surface area contributed by atoms with Crippen LogP contribution in [0.2, 0.25) is 0 Å². The highest BCUT2D eigenvalue weighted by Gasteiger charge is 2.12. The van der Waals surface area contributed by atoms with Gasteiger partial charge < -0.3 is 5.32 Å². The zero-order valence-electron chi connectivity index (χ0n) is 9.88. The Bertz CT molecular complexity index is 415. The van der Waals surface area contributed by atoms with Crippen molar-refractivity contribution >= 4 is 21.6 Å². The molecule has 0 saturated heterocycles. The SMILES string of the molecule is N#Cc1cc(Br)cc(NC2CCCCCC2)c1. The van der Waals surface area contributed by atoms with Gasteiger partial charge in [0.1, 0.15) is 0 Å². The number of halogens is 1. The zero-order chi connectivity index (χ0) is 12.1. The summed E-state index contributed by atoms with van der Waals surface area (Å²) in [4.78, 5) is 0. The average molecular weight is 293 g/mol. The molecule has 0 atom stereocenters. The van der Waals surface area contributed by atoms with Gasteiger partial charge in [0.25, 0.3) is 0 Å². The molecule has 2 rings (SSSR count). The lowest BCUT2D eigenvalue weighted by Gasteiger charge is -2.18. The molecule has 1 aliphatic rings. The van der Waals surface area contributed by atoms with Crippen molar-refractivity contribution in [3.05, 3.63) is 28.2 Å². The van der Waals surface area contributed by atoms with E-state index < -0.39 is 0 Å². The number of nitrogens with one attached hydrogen (secondary N) is 1. The third kappa shape index (κ3) is 3.74. The second-order valence-corrected chi connectivity index (χ2v) is 5.59. The van der Waals surface area contributed by atoms with Crippen LogP contribution in [-0.2, 0) is 0 Å². The summed E-state index contributed by atoms with van der Waals surface area (Å²) in [5.41, 5.74) is 1.76. The van der Waals surface area contributed by atoms with Crippen LogP contribution in [0.3, 0.4) is 0 Å². The number of nitriles is 1. The van der Waals surface area contributed by atoms with Gasteiger partial charge >= 0.3 is 0 Å². The maximum absolute atomic E-state index is 8.94. The quantitative estimate of drug-likeness (QED) is 0.817. The van der Waals surface area contributed by atoms with E-state index in [1.165, 1.54) is 38.5 Å². The smallest absolute Gasteiger partial charge is 0.0992 e. The van der Waals surface area contributed by atoms with Gasteiger partial charge in [-0.1, -0.05) is 41.6 Å². The third-order valence-corrected chi connectivity index (χ3v) is 3.71. The molecule has 17 heavy (non-hydrogen) atoms. The van der Waals surface area contributed by atoms with Crippen molar-refractivity contribution < 1.29 is 0 Å². The summed E-state index contributed by atoms with van der Waals surface area (Å²) in [5.74, 6) is 0. The highest BCUT2D eigenvalue weighted by Crippen LogP contribution is 2.24. The minimum absolute atomic E-state index is 0.568. The summed E-state index contributed by atoms with van der Waals surface area (Å²) in [6, 6.07) is 8.57. The van der Waals surface area contributed by atoms with Crippen LogP contribution in [0.4, 0.5) is 5.69 Å². The largest absolute Gasteiger partial charge is 0.382 e. The van der Waals surface area contributed by atoms with Gasteiger partial charge in [-0.3, -0.25) is 0 Å². The predicted molar refractivity (Wildman–Crippen MR) is 74.0 cm³/mol. The van der Waals surface area contributed by atoms with Crippen LogP contribution in [0.5, 0.6) is 0 Å². The Kier molecular flexibility index (Phi) is 4.44. The Morgan fingerprint density at radius 2 is 1.82 bits per heavy atom. The summed E-state index contributed by atoms with van der Waals surface area (Å²) >= 11 is 3.44. The van der Waals surface area contributed by atoms with Crippen LogP contribution in [0.1, 0.15) is 44.1 Å². The summed E-state index contributed by atoms with van der Waals surface area (Å²) in [5, 5.41) is 12.5. The lowest BCUT2D eigenvalue weighted by atomic mass is 10.1. The Morgan fingerprint density at radius 3 is 2.47 bits per heavy atom. The molecule has 1 N–H and O–H groups in total. The molecule has 0 heterocycles. The molecule has 0 radical (unpaired) electrons. The molecule has 90 valence electrons. The second kappa shape index (κ2) is 6.07. The average Bonchev–Trinajstić information content (AvgIpc) is 2.57. The summed E-state index contributed by atoms with van der Waals surface area (Å²) in [6.45, 7) is 0. The molecule has 1 aromatic carbocycles. The van der Waals surface area contributed by atoms with E-state index in [1.54, 1.807) is 0 Å². The normalized spacial score (nSPS) is 17.2. The number of hydrogen-bond donors (Lipinski definition) is 1. The zero-order valence-corrected chi connectivity index (χ0v) is 11.5. The Balaban J connectivity index is 2.06. The van der Waals surface area contributed by atoms with Gasteiger partial charge in [0.2, 0.25) is 0 Å². The Labute approximate surface area is 111 Å². The van der Waals surface area contributed by atoms with E-state index in [0.29, 0.717) is 11.6 Å². The van der Waals surface area contributed by atoms with Gasteiger partial charge in [-0.25, -0.2) is 0 Å². The van der Waals surface area contributed by atoms with Crippen molar-refractivity contribution in [1.82, 2.24) is 0 Å². The predicted octanol–water partition coefficient (Wildman–Crippen LogP) is 4.46. The topological polar surface area (TPSA) is 35.8 Å². The molecular formula is C14H17BrN2. The molecular weight excluding hydrogens is 276 g/mol. The maximum atomic E-state index is 8.94. The van der Waals surface area contributed by atoms with E-state index in [0.717, 1.165) is 10.2 Å². The van der Waals surface area contributed by atoms with Crippen LogP contribution in [-0.4, -0.2) is 6.04 Å². The number of benzene rings is 1. The van der Waals surface area contributed by atoms with E-state index in [1.807, 2.05) is 18.2 Å². The van der Waals surface area contributed by atoms with Gasteiger partial charge in [0.05, 0.1) is 11.6 Å². The minimum atomic E-state index is 0.568. The van der Waals surface area contributed by atoms with Crippen molar-refractivity contribution in [3.8, 4) is 6.07 Å². The molecule has 1 fully saturated rings. The van der Waals surface area contributed by atoms with E-state index in [9.17, 15) is 0 Å². The molecule has 2 nitrogen and oxygen atoms in total. The van der Waals surface area contributed by atoms with Gasteiger partial charge in [-0.15, -0.1) is 0 Å². The molecule has 0 bridgehead atoms. The first-order valence-electron chi connectivity index (χ1n) is 6.25. The minimum Gasteiger partial charge on any atom is -0.382 e. The van der Waals surface area contributed by atoms with Gasteiger partial charge in [-0.05, 0) is 31.0 Å². The fourth-order valence-corrected chi connectivity index (χ4v) is 2.89. The van der Waals surface area contributed by atoms with Crippen LogP contribution in [0.15, 0.2) is 22.7 Å². The number of anilines is 1. The third-order valence-electron chi connectivity index (χ3n) is 3.25. The standard InChI is InChI=1S/C14H17BrN2/c15-12-7-11(10-16)8-14(9-12)17-13-5-3-1-2-4-6-13/h7-9,13,17H,1-6H2. The van der Waals surface area contributed by atoms with Gasteiger partial charge in [0.15, 0.2) is 0 Å². The van der Waals surface area contributed by atoms with Gasteiger partial charge in [0, 0.05) is 16.2 Å². The lowest BCUT2D eigenvalue weighted by molar-refractivity contribution is 0.620. The number of hydrogen-bond acceptors (Lipinski definition) is 2. The first-order valence-corrected chi connectivity index (χ1v) is 7.04. The van der Waals surface area contributed by atoms with E-state index in [2.05, 4.69) is 27.3 Å². The molecule has 0 spiro atoms.